The van der Waals surface area contributed by atoms with Crippen LogP contribution < -0.4 is 10.6 Å². The number of fused-ring (bicyclic) bond motifs is 7. The molecule has 5 rings (SSSR count). The van der Waals surface area contributed by atoms with Crippen molar-refractivity contribution < 1.29 is 29.7 Å². The molecule has 5 aliphatic rings. The Kier molecular flexibility index (Phi) is 12.5. The second-order valence-corrected chi connectivity index (χ2v) is 19.3. The molecule has 8 heteroatoms. The molecule has 10 atom stereocenters. The highest BCUT2D eigenvalue weighted by atomic mass is 16.4. The molecule has 0 saturated heterocycles. The highest BCUT2D eigenvalue weighted by Crippen LogP contribution is 2.77. The number of aliphatic carboxylic acids is 2. The van der Waals surface area contributed by atoms with E-state index in [-0.39, 0.29) is 58.5 Å². The van der Waals surface area contributed by atoms with E-state index in [0.29, 0.717) is 30.8 Å². The van der Waals surface area contributed by atoms with Gasteiger partial charge in [0.05, 0.1) is 18.1 Å². The molecule has 0 unspecified atom stereocenters. The number of aliphatic hydroxyl groups is 1. The summed E-state index contributed by atoms with van der Waals surface area (Å²) in [5.74, 6) is 0.620. The van der Waals surface area contributed by atoms with E-state index in [1.54, 1.807) is 0 Å². The summed E-state index contributed by atoms with van der Waals surface area (Å²) in [4.78, 5) is 36.6. The van der Waals surface area contributed by atoms with Gasteiger partial charge in [0.25, 0.3) is 0 Å². The van der Waals surface area contributed by atoms with Crippen LogP contribution in [0.2, 0.25) is 0 Å². The average molecular weight is 713 g/mol. The van der Waals surface area contributed by atoms with Crippen LogP contribution in [0.25, 0.3) is 0 Å². The van der Waals surface area contributed by atoms with Gasteiger partial charge in [-0.2, -0.15) is 0 Å². The van der Waals surface area contributed by atoms with E-state index in [2.05, 4.69) is 51.8 Å². The van der Waals surface area contributed by atoms with E-state index >= 15 is 0 Å². The predicted molar refractivity (Wildman–Crippen MR) is 202 cm³/mol. The van der Waals surface area contributed by atoms with Crippen molar-refractivity contribution in [2.24, 2.45) is 56.7 Å². The number of carboxylic acids is 2. The molecule has 0 spiro atoms. The number of hydrogen-bond acceptors (Lipinski definition) is 5. The van der Waals surface area contributed by atoms with E-state index < -0.39 is 17.4 Å². The first kappa shape index (κ1) is 40.3. The van der Waals surface area contributed by atoms with Crippen molar-refractivity contribution in [2.75, 3.05) is 19.6 Å². The second kappa shape index (κ2) is 15.8. The summed E-state index contributed by atoms with van der Waals surface area (Å²) in [5, 5.41) is 35.8. The van der Waals surface area contributed by atoms with Crippen molar-refractivity contribution in [1.29, 1.82) is 0 Å². The highest BCUT2D eigenvalue weighted by molar-refractivity contribution is 5.84. The fraction of sp³-hybridized carbons (Fsp3) is 0.884. The molecule has 5 saturated carbocycles. The first-order chi connectivity index (χ1) is 24.0. The first-order valence-corrected chi connectivity index (χ1v) is 20.8. The molecule has 0 heterocycles. The molecule has 290 valence electrons. The van der Waals surface area contributed by atoms with Crippen LogP contribution in [0.15, 0.2) is 12.2 Å². The number of carboxylic acid groups (broad SMARTS) is 2. The van der Waals surface area contributed by atoms with Gasteiger partial charge >= 0.3 is 11.9 Å². The Morgan fingerprint density at radius 1 is 0.686 bits per heavy atom. The van der Waals surface area contributed by atoms with Crippen LogP contribution in [0.3, 0.4) is 0 Å². The van der Waals surface area contributed by atoms with Gasteiger partial charge in [0.1, 0.15) is 0 Å². The Morgan fingerprint density at radius 2 is 1.35 bits per heavy atom. The quantitative estimate of drug-likeness (QED) is 0.0755. The smallest absolute Gasteiger partial charge is 0.317 e. The topological polar surface area (TPSA) is 136 Å². The van der Waals surface area contributed by atoms with Crippen molar-refractivity contribution in [1.82, 2.24) is 10.6 Å². The van der Waals surface area contributed by atoms with Gasteiger partial charge < -0.3 is 26.0 Å². The van der Waals surface area contributed by atoms with Crippen LogP contribution in [-0.2, 0) is 14.4 Å². The van der Waals surface area contributed by atoms with E-state index in [0.717, 1.165) is 108 Å². The van der Waals surface area contributed by atoms with E-state index in [9.17, 15) is 24.6 Å². The van der Waals surface area contributed by atoms with Crippen LogP contribution in [0.4, 0.5) is 0 Å². The van der Waals surface area contributed by atoms with E-state index in [1.165, 1.54) is 12.8 Å². The summed E-state index contributed by atoms with van der Waals surface area (Å²) in [6, 6.07) is 0. The van der Waals surface area contributed by atoms with Gasteiger partial charge in [-0.25, -0.2) is 0 Å². The van der Waals surface area contributed by atoms with Crippen molar-refractivity contribution >= 4 is 17.8 Å². The number of unbranched alkanes of at least 4 members (excludes halogenated alkanes) is 7. The summed E-state index contributed by atoms with van der Waals surface area (Å²) in [7, 11) is 0. The van der Waals surface area contributed by atoms with Gasteiger partial charge in [0.15, 0.2) is 0 Å². The van der Waals surface area contributed by atoms with Crippen molar-refractivity contribution in [3.05, 3.63) is 12.2 Å². The maximum atomic E-state index is 14.5. The number of amides is 1. The fourth-order valence-corrected chi connectivity index (χ4v) is 13.7. The molecular formula is C43H72N2O6. The SMILES string of the molecule is C=C(CNCC(=O)O)[C@@H]1CC[C@]2(C(=O)NCCCCCCCCCCC(=O)O)CC[C@]3(C)[C@H](CC[C@@H]4[C@@]5(C)CC[C@H](O)C(C)(C)[C@@H]5CC[C@]43C)[C@@H]12. The molecule has 5 fully saturated rings. The third-order valence-electron chi connectivity index (χ3n) is 16.6. The number of hydrogen-bond donors (Lipinski definition) is 5. The third-order valence-corrected chi connectivity index (χ3v) is 16.6. The molecule has 5 N–H and O–H groups in total. The van der Waals surface area contributed by atoms with Crippen molar-refractivity contribution in [3.63, 3.8) is 0 Å². The lowest BCUT2D eigenvalue weighted by Crippen LogP contribution is -2.67. The van der Waals surface area contributed by atoms with Crippen LogP contribution in [0, 0.1) is 56.7 Å². The molecule has 0 aliphatic heterocycles. The highest BCUT2D eigenvalue weighted by Gasteiger charge is 2.71. The molecule has 0 aromatic rings. The monoisotopic (exact) mass is 713 g/mol. The van der Waals surface area contributed by atoms with Crippen LogP contribution in [0.1, 0.15) is 157 Å². The summed E-state index contributed by atoms with van der Waals surface area (Å²) < 4.78 is 0. The molecule has 1 amide bonds. The largest absolute Gasteiger partial charge is 0.481 e. The number of nitrogens with one attached hydrogen (secondary N) is 2. The lowest BCUT2D eigenvalue weighted by Gasteiger charge is -2.72. The minimum absolute atomic E-state index is 0.0769. The molecule has 0 aromatic heterocycles. The Hall–Kier alpha value is -1.93. The minimum Gasteiger partial charge on any atom is -0.481 e. The Labute approximate surface area is 308 Å². The summed E-state index contributed by atoms with van der Waals surface area (Å²) >= 11 is 0. The third kappa shape index (κ3) is 7.44. The van der Waals surface area contributed by atoms with Crippen molar-refractivity contribution in [2.45, 2.75) is 163 Å². The standard InChI is InChI=1S/C43H72N2O6/c1-29(27-44-28-36(49)50)30-18-23-43(38(51)45-26-14-12-10-8-7-9-11-13-15-35(47)48)25-24-41(5)31(37(30)43)16-17-33-40(4)21-20-34(46)39(2,3)32(40)19-22-42(33,41)6/h30-34,37,44,46H,1,7-28H2,2-6H3,(H,45,51)(H,47,48)(H,49,50)/t30-,31+,32-,33+,34-,37+,40-,41+,42+,43-/m0/s1. The molecule has 8 nitrogen and oxygen atoms in total. The van der Waals surface area contributed by atoms with Gasteiger partial charge in [0.2, 0.25) is 5.91 Å². The normalized spacial score (nSPS) is 39.6. The maximum absolute atomic E-state index is 14.5. The zero-order valence-electron chi connectivity index (χ0n) is 32.8. The average Bonchev–Trinajstić information content (AvgIpc) is 3.46. The maximum Gasteiger partial charge on any atom is 0.317 e. The minimum atomic E-state index is -0.863. The van der Waals surface area contributed by atoms with E-state index in [1.807, 2.05) is 0 Å². The van der Waals surface area contributed by atoms with Crippen LogP contribution >= 0.6 is 0 Å². The molecular weight excluding hydrogens is 640 g/mol. The molecule has 51 heavy (non-hydrogen) atoms. The first-order valence-electron chi connectivity index (χ1n) is 20.8. The van der Waals surface area contributed by atoms with Gasteiger partial charge in [0, 0.05) is 19.5 Å². The second-order valence-electron chi connectivity index (χ2n) is 19.3. The Balaban J connectivity index is 1.29. The summed E-state index contributed by atoms with van der Waals surface area (Å²) in [5.41, 5.74) is 1.05. The Bertz CT molecular complexity index is 1280. The number of rotatable bonds is 17. The predicted octanol–water partition coefficient (Wildman–Crippen LogP) is 8.37. The molecule has 0 aromatic carbocycles. The van der Waals surface area contributed by atoms with Gasteiger partial charge in [-0.3, -0.25) is 14.4 Å². The fourth-order valence-electron chi connectivity index (χ4n) is 13.7. The Morgan fingerprint density at radius 3 is 2.02 bits per heavy atom. The molecule has 0 radical (unpaired) electrons. The molecule has 0 bridgehead atoms. The number of carbonyl (C=O) groups is 3. The number of aliphatic hydroxyl groups excluding tert-OH is 1. The lowest BCUT2D eigenvalue weighted by atomic mass is 9.32. The van der Waals surface area contributed by atoms with Gasteiger partial charge in [-0.05, 0) is 128 Å². The van der Waals surface area contributed by atoms with Crippen LogP contribution in [-0.4, -0.2) is 58.9 Å². The summed E-state index contributed by atoms with van der Waals surface area (Å²) in [6.45, 7) is 18.0. The van der Waals surface area contributed by atoms with E-state index in [4.69, 9.17) is 5.11 Å². The summed E-state index contributed by atoms with van der Waals surface area (Å²) in [6.07, 6.45) is 18.8. The van der Waals surface area contributed by atoms with Gasteiger partial charge in [-0.1, -0.05) is 85.3 Å². The van der Waals surface area contributed by atoms with Crippen LogP contribution in [0.5, 0.6) is 0 Å². The zero-order valence-corrected chi connectivity index (χ0v) is 32.8. The van der Waals surface area contributed by atoms with Crippen molar-refractivity contribution in [3.8, 4) is 0 Å². The number of carbonyl (C=O) groups excluding carboxylic acids is 1. The van der Waals surface area contributed by atoms with Gasteiger partial charge in [-0.15, -0.1) is 0 Å². The lowest BCUT2D eigenvalue weighted by molar-refractivity contribution is -0.246. The zero-order chi connectivity index (χ0) is 37.2. The molecule has 5 aliphatic carbocycles.